The quantitative estimate of drug-likeness (QED) is 0.912. The van der Waals surface area contributed by atoms with E-state index in [0.717, 1.165) is 3.79 Å². The van der Waals surface area contributed by atoms with Gasteiger partial charge in [-0.15, -0.1) is 11.3 Å². The number of urea groups is 1. The van der Waals surface area contributed by atoms with Gasteiger partial charge in [-0.05, 0) is 41.9 Å². The summed E-state index contributed by atoms with van der Waals surface area (Å²) in [6.07, 6.45) is 0. The fourth-order valence-corrected chi connectivity index (χ4v) is 2.64. The van der Waals surface area contributed by atoms with Crippen molar-refractivity contribution in [3.8, 4) is 0 Å². The van der Waals surface area contributed by atoms with Gasteiger partial charge in [0.15, 0.2) is 0 Å². The number of halogens is 1. The predicted octanol–water partition coefficient (Wildman–Crippen LogP) is 3.06. The van der Waals surface area contributed by atoms with Gasteiger partial charge in [-0.2, -0.15) is 0 Å². The molecule has 0 unspecified atom stereocenters. The number of amides is 2. The van der Waals surface area contributed by atoms with Gasteiger partial charge >= 0.3 is 6.03 Å². The zero-order chi connectivity index (χ0) is 11.4. The van der Waals surface area contributed by atoms with E-state index >= 15 is 0 Å². The second kappa shape index (κ2) is 5.51. The Balaban J connectivity index is 2.48. The van der Waals surface area contributed by atoms with Crippen molar-refractivity contribution in [3.63, 3.8) is 0 Å². The van der Waals surface area contributed by atoms with Crippen molar-refractivity contribution in [2.24, 2.45) is 0 Å². The molecule has 0 atom stereocenters. The summed E-state index contributed by atoms with van der Waals surface area (Å²) in [6, 6.07) is 4.16. The molecule has 0 aliphatic rings. The van der Waals surface area contributed by atoms with E-state index in [0.29, 0.717) is 6.54 Å². The van der Waals surface area contributed by atoms with E-state index in [1.807, 2.05) is 26.0 Å². The van der Waals surface area contributed by atoms with Crippen LogP contribution >= 0.6 is 27.3 Å². The molecule has 1 N–H and O–H groups in total. The second-order valence-electron chi connectivity index (χ2n) is 3.67. The molecule has 0 aromatic carbocycles. The van der Waals surface area contributed by atoms with Gasteiger partial charge in [-0.1, -0.05) is 0 Å². The third-order valence-corrected chi connectivity index (χ3v) is 3.39. The van der Waals surface area contributed by atoms with Gasteiger partial charge in [-0.25, -0.2) is 4.79 Å². The molecule has 15 heavy (non-hydrogen) atoms. The van der Waals surface area contributed by atoms with Crippen LogP contribution in [0.15, 0.2) is 15.9 Å². The zero-order valence-electron chi connectivity index (χ0n) is 9.08. The molecule has 1 rings (SSSR count). The zero-order valence-corrected chi connectivity index (χ0v) is 11.5. The Kier molecular flexibility index (Phi) is 4.60. The van der Waals surface area contributed by atoms with E-state index in [1.165, 1.54) is 4.88 Å². The standard InChI is InChI=1S/C10H15BrN2OS/c1-7(2)12-10(14)13(3)6-8-4-5-9(11)15-8/h4-5,7H,6H2,1-3H3,(H,12,14). The normalized spacial score (nSPS) is 10.5. The molecule has 84 valence electrons. The van der Waals surface area contributed by atoms with Gasteiger partial charge in [0.05, 0.1) is 10.3 Å². The van der Waals surface area contributed by atoms with Gasteiger partial charge in [0.2, 0.25) is 0 Å². The van der Waals surface area contributed by atoms with Crippen molar-refractivity contribution in [1.82, 2.24) is 10.2 Å². The van der Waals surface area contributed by atoms with Crippen LogP contribution in [0.3, 0.4) is 0 Å². The first-order valence-electron chi connectivity index (χ1n) is 4.75. The van der Waals surface area contributed by atoms with Gasteiger partial charge in [0, 0.05) is 18.0 Å². The maximum atomic E-state index is 11.6. The number of carbonyl (C=O) groups is 1. The molecule has 0 saturated heterocycles. The maximum absolute atomic E-state index is 11.6. The molecular formula is C10H15BrN2OS. The molecule has 1 heterocycles. The van der Waals surface area contributed by atoms with Crippen molar-refractivity contribution in [2.45, 2.75) is 26.4 Å². The Morgan fingerprint density at radius 2 is 2.27 bits per heavy atom. The fraction of sp³-hybridized carbons (Fsp3) is 0.500. The van der Waals surface area contributed by atoms with Crippen LogP contribution < -0.4 is 5.32 Å². The minimum Gasteiger partial charge on any atom is -0.336 e. The van der Waals surface area contributed by atoms with Crippen molar-refractivity contribution >= 4 is 33.3 Å². The topological polar surface area (TPSA) is 32.3 Å². The van der Waals surface area contributed by atoms with Gasteiger partial charge in [-0.3, -0.25) is 0 Å². The molecule has 3 nitrogen and oxygen atoms in total. The van der Waals surface area contributed by atoms with Crippen LogP contribution in [-0.4, -0.2) is 24.0 Å². The molecule has 2 amide bonds. The third kappa shape index (κ3) is 4.22. The number of hydrogen-bond acceptors (Lipinski definition) is 2. The van der Waals surface area contributed by atoms with E-state index in [4.69, 9.17) is 0 Å². The smallest absolute Gasteiger partial charge is 0.317 e. The lowest BCUT2D eigenvalue weighted by atomic mass is 10.4. The summed E-state index contributed by atoms with van der Waals surface area (Å²) in [7, 11) is 1.80. The summed E-state index contributed by atoms with van der Waals surface area (Å²) < 4.78 is 1.09. The Hall–Kier alpha value is -0.550. The summed E-state index contributed by atoms with van der Waals surface area (Å²) in [5, 5.41) is 2.85. The monoisotopic (exact) mass is 290 g/mol. The summed E-state index contributed by atoms with van der Waals surface area (Å²) in [5.74, 6) is 0. The summed E-state index contributed by atoms with van der Waals surface area (Å²) >= 11 is 5.05. The van der Waals surface area contributed by atoms with E-state index in [2.05, 4.69) is 21.2 Å². The highest BCUT2D eigenvalue weighted by Gasteiger charge is 2.10. The van der Waals surface area contributed by atoms with Crippen LogP contribution in [0.4, 0.5) is 4.79 Å². The highest BCUT2D eigenvalue weighted by molar-refractivity contribution is 9.11. The lowest BCUT2D eigenvalue weighted by Gasteiger charge is -2.18. The average molecular weight is 291 g/mol. The number of nitrogens with one attached hydrogen (secondary N) is 1. The molecule has 1 aromatic rings. The number of thiophene rings is 1. The van der Waals surface area contributed by atoms with E-state index in [1.54, 1.807) is 23.3 Å². The molecule has 5 heteroatoms. The van der Waals surface area contributed by atoms with E-state index in [9.17, 15) is 4.79 Å². The lowest BCUT2D eigenvalue weighted by molar-refractivity contribution is 0.204. The molecule has 0 aliphatic carbocycles. The molecule has 0 fully saturated rings. The number of nitrogens with zero attached hydrogens (tertiary/aromatic N) is 1. The van der Waals surface area contributed by atoms with Crippen molar-refractivity contribution < 1.29 is 4.79 Å². The van der Waals surface area contributed by atoms with Gasteiger partial charge in [0.25, 0.3) is 0 Å². The molecule has 0 radical (unpaired) electrons. The molecular weight excluding hydrogens is 276 g/mol. The first-order valence-corrected chi connectivity index (χ1v) is 6.36. The van der Waals surface area contributed by atoms with E-state index in [-0.39, 0.29) is 12.1 Å². The summed E-state index contributed by atoms with van der Waals surface area (Å²) in [6.45, 7) is 4.55. The Morgan fingerprint density at radius 3 is 2.73 bits per heavy atom. The average Bonchev–Trinajstić information content (AvgIpc) is 2.50. The van der Waals surface area contributed by atoms with Crippen LogP contribution in [0.1, 0.15) is 18.7 Å². The number of hydrogen-bond donors (Lipinski definition) is 1. The van der Waals surface area contributed by atoms with E-state index < -0.39 is 0 Å². The third-order valence-electron chi connectivity index (χ3n) is 1.78. The predicted molar refractivity (Wildman–Crippen MR) is 67.2 cm³/mol. The molecule has 1 aromatic heterocycles. The van der Waals surface area contributed by atoms with Crippen molar-refractivity contribution in [3.05, 3.63) is 20.8 Å². The fourth-order valence-electron chi connectivity index (χ4n) is 1.10. The van der Waals surface area contributed by atoms with Crippen LogP contribution in [0.2, 0.25) is 0 Å². The summed E-state index contributed by atoms with van der Waals surface area (Å²) in [5.41, 5.74) is 0. The minimum atomic E-state index is -0.0328. The number of rotatable bonds is 3. The lowest BCUT2D eigenvalue weighted by Crippen LogP contribution is -2.40. The Labute approximate surface area is 103 Å². The summed E-state index contributed by atoms with van der Waals surface area (Å²) in [4.78, 5) is 14.4. The first kappa shape index (κ1) is 12.5. The maximum Gasteiger partial charge on any atom is 0.317 e. The van der Waals surface area contributed by atoms with Crippen LogP contribution in [0.25, 0.3) is 0 Å². The van der Waals surface area contributed by atoms with Gasteiger partial charge in [0.1, 0.15) is 0 Å². The first-order chi connectivity index (χ1) is 6.99. The molecule has 0 saturated carbocycles. The van der Waals surface area contributed by atoms with Gasteiger partial charge < -0.3 is 10.2 Å². The SMILES string of the molecule is CC(C)NC(=O)N(C)Cc1ccc(Br)s1. The Morgan fingerprint density at radius 1 is 1.60 bits per heavy atom. The van der Waals surface area contributed by atoms with Crippen molar-refractivity contribution in [2.75, 3.05) is 7.05 Å². The second-order valence-corrected chi connectivity index (χ2v) is 6.21. The highest BCUT2D eigenvalue weighted by Crippen LogP contribution is 2.22. The molecule has 0 bridgehead atoms. The van der Waals surface area contributed by atoms with Crippen molar-refractivity contribution in [1.29, 1.82) is 0 Å². The van der Waals surface area contributed by atoms with Crippen LogP contribution in [-0.2, 0) is 6.54 Å². The van der Waals surface area contributed by atoms with Crippen LogP contribution in [0, 0.1) is 0 Å². The van der Waals surface area contributed by atoms with Crippen LogP contribution in [0.5, 0.6) is 0 Å². The number of carbonyl (C=O) groups excluding carboxylic acids is 1. The molecule has 0 aliphatic heterocycles. The molecule has 0 spiro atoms. The minimum absolute atomic E-state index is 0.0328. The highest BCUT2D eigenvalue weighted by atomic mass is 79.9. The largest absolute Gasteiger partial charge is 0.336 e. The Bertz CT molecular complexity index is 338.